The minimum Gasteiger partial charge on any atom is -0.872 e. The molecule has 31 heavy (non-hydrogen) atoms. The SMILES string of the molecule is CC(C)=NNC(=O)c1ccccc1[O-].CC(C)=NNC(=O)c1ccccc1[O-].[OH3+].[OH3+].[Zn+2]. The first-order valence-electron chi connectivity index (χ1n) is 8.37. The number of hydrazone groups is 2. The Morgan fingerprint density at radius 3 is 1.23 bits per heavy atom. The van der Waals surface area contributed by atoms with Crippen molar-refractivity contribution in [3.63, 3.8) is 0 Å². The Kier molecular flexibility index (Phi) is 17.5. The molecule has 11 heteroatoms. The summed E-state index contributed by atoms with van der Waals surface area (Å²) in [5.74, 6) is -1.54. The molecular weight excluding hydrogens is 458 g/mol. The zero-order valence-electron chi connectivity index (χ0n) is 18.0. The van der Waals surface area contributed by atoms with Crippen LogP contribution in [0.15, 0.2) is 58.7 Å². The first kappa shape index (κ1) is 32.5. The molecule has 0 heterocycles. The van der Waals surface area contributed by atoms with Crippen molar-refractivity contribution in [2.45, 2.75) is 27.7 Å². The summed E-state index contributed by atoms with van der Waals surface area (Å²) in [6.07, 6.45) is 0. The molecule has 10 nitrogen and oxygen atoms in total. The fourth-order valence-electron chi connectivity index (χ4n) is 1.75. The first-order valence-corrected chi connectivity index (χ1v) is 8.37. The third-order valence-corrected chi connectivity index (χ3v) is 3.03. The van der Waals surface area contributed by atoms with Gasteiger partial charge in [0.2, 0.25) is 0 Å². The van der Waals surface area contributed by atoms with E-state index in [-0.39, 0.29) is 53.1 Å². The number of carbonyl (C=O) groups is 2. The van der Waals surface area contributed by atoms with Gasteiger partial charge in [0.15, 0.2) is 0 Å². The second kappa shape index (κ2) is 16.6. The Morgan fingerprint density at radius 2 is 0.968 bits per heavy atom. The molecule has 2 aromatic rings. The predicted octanol–water partition coefficient (Wildman–Crippen LogP) is -0.0747. The van der Waals surface area contributed by atoms with E-state index in [1.807, 2.05) is 0 Å². The van der Waals surface area contributed by atoms with E-state index in [2.05, 4.69) is 21.1 Å². The summed E-state index contributed by atoms with van der Waals surface area (Å²) in [5.41, 5.74) is 6.24. The second-order valence-electron chi connectivity index (χ2n) is 5.99. The Hall–Kier alpha value is -3.14. The number of carbonyl (C=O) groups excluding carboxylic acids is 2. The Balaban J connectivity index is -0.000000461. The first-order chi connectivity index (χ1) is 13.2. The zero-order valence-corrected chi connectivity index (χ0v) is 21.0. The largest absolute Gasteiger partial charge is 2.00 e. The number of hydrogen-bond acceptors (Lipinski definition) is 6. The summed E-state index contributed by atoms with van der Waals surface area (Å²) in [7, 11) is 0. The van der Waals surface area contributed by atoms with Crippen molar-refractivity contribution in [2.24, 2.45) is 10.2 Å². The molecule has 2 amide bonds. The van der Waals surface area contributed by atoms with Crippen LogP contribution >= 0.6 is 0 Å². The van der Waals surface area contributed by atoms with Crippen LogP contribution in [0.5, 0.6) is 11.5 Å². The number of nitrogens with one attached hydrogen (secondary N) is 2. The zero-order chi connectivity index (χ0) is 21.1. The Morgan fingerprint density at radius 1 is 0.677 bits per heavy atom. The van der Waals surface area contributed by atoms with Crippen LogP contribution < -0.4 is 21.1 Å². The fraction of sp³-hybridized carbons (Fsp3) is 0.200. The molecule has 0 aliphatic heterocycles. The van der Waals surface area contributed by atoms with Gasteiger partial charge in [-0.2, -0.15) is 10.2 Å². The van der Waals surface area contributed by atoms with E-state index >= 15 is 0 Å². The summed E-state index contributed by atoms with van der Waals surface area (Å²) in [6.45, 7) is 7.01. The van der Waals surface area contributed by atoms with Gasteiger partial charge in [-0.15, -0.1) is 0 Å². The number of rotatable bonds is 4. The number of nitrogens with zero attached hydrogens (tertiary/aromatic N) is 2. The molecule has 0 aromatic heterocycles. The van der Waals surface area contributed by atoms with E-state index < -0.39 is 11.8 Å². The Labute approximate surface area is 193 Å². The van der Waals surface area contributed by atoms with Crippen LogP contribution in [-0.2, 0) is 30.4 Å². The molecule has 0 spiro atoms. The molecule has 0 unspecified atom stereocenters. The minimum absolute atomic E-state index is 0. The minimum atomic E-state index is -0.475. The van der Waals surface area contributed by atoms with E-state index in [4.69, 9.17) is 0 Å². The van der Waals surface area contributed by atoms with Gasteiger partial charge >= 0.3 is 19.5 Å². The summed E-state index contributed by atoms with van der Waals surface area (Å²) in [4.78, 5) is 22.7. The standard InChI is InChI=1S/2C10H12N2O2.2H2O.Zn/c2*1-7(2)11-12-10(14)8-5-3-4-6-9(8)13;;;/h2*3-6,13H,1-2H3,(H,12,14);2*1H2;/q;;;;+2. The van der Waals surface area contributed by atoms with Gasteiger partial charge in [0.05, 0.1) is 0 Å². The monoisotopic (exact) mass is 484 g/mol. The molecule has 0 saturated heterocycles. The van der Waals surface area contributed by atoms with Crippen LogP contribution in [0.1, 0.15) is 48.4 Å². The van der Waals surface area contributed by atoms with Gasteiger partial charge in [-0.3, -0.25) is 9.59 Å². The van der Waals surface area contributed by atoms with E-state index in [0.29, 0.717) is 0 Å². The number of hydrogen-bond donors (Lipinski definition) is 2. The van der Waals surface area contributed by atoms with Crippen LogP contribution in [0.2, 0.25) is 0 Å². The van der Waals surface area contributed by atoms with E-state index in [1.165, 1.54) is 24.3 Å². The van der Waals surface area contributed by atoms with Crippen LogP contribution in [0.4, 0.5) is 0 Å². The van der Waals surface area contributed by atoms with Gasteiger partial charge in [0, 0.05) is 22.6 Å². The van der Waals surface area contributed by atoms with Gasteiger partial charge in [-0.05, 0) is 27.7 Å². The molecule has 0 bridgehead atoms. The van der Waals surface area contributed by atoms with E-state index in [9.17, 15) is 19.8 Å². The molecule has 2 aromatic carbocycles. The Bertz CT molecular complexity index is 821. The molecule has 164 valence electrons. The average molecular weight is 486 g/mol. The van der Waals surface area contributed by atoms with Crippen molar-refractivity contribution < 1.29 is 50.2 Å². The molecule has 0 atom stereocenters. The van der Waals surface area contributed by atoms with E-state index in [1.54, 1.807) is 52.0 Å². The van der Waals surface area contributed by atoms with Crippen molar-refractivity contribution in [1.82, 2.24) is 10.9 Å². The summed E-state index contributed by atoms with van der Waals surface area (Å²) in [5, 5.41) is 29.8. The topological polar surface area (TPSA) is 195 Å². The molecule has 0 radical (unpaired) electrons. The van der Waals surface area contributed by atoms with Crippen molar-refractivity contribution in [2.75, 3.05) is 0 Å². The maximum absolute atomic E-state index is 11.4. The average Bonchev–Trinajstić information content (AvgIpc) is 2.65. The second-order valence-corrected chi connectivity index (χ2v) is 5.99. The number of benzene rings is 2. The quantitative estimate of drug-likeness (QED) is 0.264. The molecular formula is C20H28N4O6Zn+2. The van der Waals surface area contributed by atoms with Crippen LogP contribution in [0.25, 0.3) is 0 Å². The molecule has 0 aliphatic rings. The molecule has 8 N–H and O–H groups in total. The van der Waals surface area contributed by atoms with Gasteiger partial charge in [0.1, 0.15) is 0 Å². The molecule has 0 fully saturated rings. The number of para-hydroxylation sites is 2. The van der Waals surface area contributed by atoms with Crippen molar-refractivity contribution in [3.05, 3.63) is 59.7 Å². The van der Waals surface area contributed by atoms with Gasteiger partial charge in [0.25, 0.3) is 11.8 Å². The van der Waals surface area contributed by atoms with Crippen LogP contribution in [-0.4, -0.2) is 23.2 Å². The third kappa shape index (κ3) is 12.2. The normalized spacial score (nSPS) is 8.39. The maximum atomic E-state index is 11.4. The van der Waals surface area contributed by atoms with Crippen LogP contribution in [0.3, 0.4) is 0 Å². The third-order valence-electron chi connectivity index (χ3n) is 3.03. The van der Waals surface area contributed by atoms with Crippen molar-refractivity contribution in [3.8, 4) is 11.5 Å². The van der Waals surface area contributed by atoms with Gasteiger partial charge in [-0.1, -0.05) is 60.0 Å². The molecule has 2 rings (SSSR count). The molecule has 0 aliphatic carbocycles. The van der Waals surface area contributed by atoms with Crippen molar-refractivity contribution in [1.29, 1.82) is 0 Å². The smallest absolute Gasteiger partial charge is 0.872 e. The van der Waals surface area contributed by atoms with Crippen molar-refractivity contribution >= 4 is 23.2 Å². The predicted molar refractivity (Wildman–Crippen MR) is 114 cm³/mol. The van der Waals surface area contributed by atoms with Gasteiger partial charge < -0.3 is 21.2 Å². The van der Waals surface area contributed by atoms with Gasteiger partial charge in [-0.25, -0.2) is 10.9 Å². The summed E-state index contributed by atoms with van der Waals surface area (Å²) < 4.78 is 0. The van der Waals surface area contributed by atoms with E-state index in [0.717, 1.165) is 11.4 Å². The molecule has 0 saturated carbocycles. The summed E-state index contributed by atoms with van der Waals surface area (Å²) >= 11 is 0. The number of amides is 2. The maximum Gasteiger partial charge on any atom is 2.00 e. The fourth-order valence-corrected chi connectivity index (χ4v) is 1.75. The van der Waals surface area contributed by atoms with Crippen LogP contribution in [0, 0.1) is 0 Å². The summed E-state index contributed by atoms with van der Waals surface area (Å²) in [6, 6.07) is 12.1.